The van der Waals surface area contributed by atoms with E-state index < -0.39 is 0 Å². The van der Waals surface area contributed by atoms with Crippen molar-refractivity contribution in [2.24, 2.45) is 5.73 Å². The number of hydrogen-bond donors (Lipinski definition) is 2. The average molecular weight is 227 g/mol. The standard InChI is InChI=1S/C13H13N3O/c1-9-3-2-4-10(7-9)17-12-8-16-6-5-11(12)13(14)15/h2-8H,1H3,(H3,14,15). The van der Waals surface area contributed by atoms with Crippen LogP contribution in [0.1, 0.15) is 11.1 Å². The second-order valence-electron chi connectivity index (χ2n) is 3.70. The Bertz CT molecular complexity index is 552. The third-order valence-electron chi connectivity index (χ3n) is 2.29. The molecule has 4 nitrogen and oxygen atoms in total. The fourth-order valence-corrected chi connectivity index (χ4v) is 1.49. The van der Waals surface area contributed by atoms with Crippen LogP contribution < -0.4 is 10.5 Å². The number of rotatable bonds is 3. The Morgan fingerprint density at radius 2 is 2.18 bits per heavy atom. The Kier molecular flexibility index (Phi) is 3.05. The van der Waals surface area contributed by atoms with E-state index in [1.807, 2.05) is 31.2 Å². The Hall–Kier alpha value is -2.36. The normalized spacial score (nSPS) is 9.94. The van der Waals surface area contributed by atoms with Crippen LogP contribution in [0.3, 0.4) is 0 Å². The lowest BCUT2D eigenvalue weighted by molar-refractivity contribution is 0.478. The number of nitrogens with two attached hydrogens (primary N) is 1. The zero-order valence-electron chi connectivity index (χ0n) is 9.47. The van der Waals surface area contributed by atoms with Crippen LogP contribution in [-0.4, -0.2) is 10.8 Å². The maximum absolute atomic E-state index is 7.45. The topological polar surface area (TPSA) is 72.0 Å². The minimum atomic E-state index is -0.0324. The molecule has 0 atom stereocenters. The molecule has 0 amide bonds. The molecule has 0 saturated heterocycles. The molecule has 1 aromatic heterocycles. The first-order chi connectivity index (χ1) is 8.16. The van der Waals surface area contributed by atoms with Crippen LogP contribution >= 0.6 is 0 Å². The van der Waals surface area contributed by atoms with Crippen molar-refractivity contribution in [3.05, 3.63) is 53.9 Å². The van der Waals surface area contributed by atoms with Crippen molar-refractivity contribution in [2.45, 2.75) is 6.92 Å². The van der Waals surface area contributed by atoms with Gasteiger partial charge in [0.05, 0.1) is 11.8 Å². The summed E-state index contributed by atoms with van der Waals surface area (Å²) in [7, 11) is 0. The number of hydrogen-bond acceptors (Lipinski definition) is 3. The molecule has 86 valence electrons. The minimum absolute atomic E-state index is 0.0324. The fraction of sp³-hybridized carbons (Fsp3) is 0.0769. The van der Waals surface area contributed by atoms with E-state index in [0.29, 0.717) is 17.1 Å². The summed E-state index contributed by atoms with van der Waals surface area (Å²) in [6.45, 7) is 1.99. The third kappa shape index (κ3) is 2.60. The zero-order chi connectivity index (χ0) is 12.3. The van der Waals surface area contributed by atoms with Gasteiger partial charge in [0.2, 0.25) is 0 Å². The molecule has 0 fully saturated rings. The Morgan fingerprint density at radius 3 is 2.88 bits per heavy atom. The number of nitrogens with one attached hydrogen (secondary N) is 1. The number of aryl methyl sites for hydroxylation is 1. The lowest BCUT2D eigenvalue weighted by atomic mass is 10.2. The largest absolute Gasteiger partial charge is 0.455 e. The summed E-state index contributed by atoms with van der Waals surface area (Å²) in [6.07, 6.45) is 3.14. The molecule has 0 unspecified atom stereocenters. The van der Waals surface area contributed by atoms with Crippen molar-refractivity contribution in [1.82, 2.24) is 4.98 Å². The maximum Gasteiger partial charge on any atom is 0.156 e. The number of benzene rings is 1. The van der Waals surface area contributed by atoms with E-state index in [1.54, 1.807) is 18.5 Å². The molecule has 0 spiro atoms. The van der Waals surface area contributed by atoms with Crippen molar-refractivity contribution in [3.63, 3.8) is 0 Å². The van der Waals surface area contributed by atoms with Gasteiger partial charge in [-0.25, -0.2) is 0 Å². The molecule has 0 saturated carbocycles. The first-order valence-electron chi connectivity index (χ1n) is 5.20. The van der Waals surface area contributed by atoms with Gasteiger partial charge >= 0.3 is 0 Å². The number of ether oxygens (including phenoxy) is 1. The summed E-state index contributed by atoms with van der Waals surface area (Å²) >= 11 is 0. The smallest absolute Gasteiger partial charge is 0.156 e. The molecule has 0 aliphatic carbocycles. The zero-order valence-corrected chi connectivity index (χ0v) is 9.47. The molecule has 0 aliphatic heterocycles. The van der Waals surface area contributed by atoms with Crippen LogP contribution in [0.5, 0.6) is 11.5 Å². The quantitative estimate of drug-likeness (QED) is 0.625. The molecule has 4 heteroatoms. The molecule has 2 aromatic rings. The number of nitrogens with zero attached hydrogens (tertiary/aromatic N) is 1. The van der Waals surface area contributed by atoms with Crippen LogP contribution in [0.15, 0.2) is 42.7 Å². The predicted octanol–water partition coefficient (Wildman–Crippen LogP) is 2.47. The van der Waals surface area contributed by atoms with Gasteiger partial charge < -0.3 is 10.5 Å². The minimum Gasteiger partial charge on any atom is -0.455 e. The van der Waals surface area contributed by atoms with Gasteiger partial charge in [0.15, 0.2) is 5.75 Å². The van der Waals surface area contributed by atoms with Crippen molar-refractivity contribution >= 4 is 5.84 Å². The highest BCUT2D eigenvalue weighted by molar-refractivity contribution is 5.97. The van der Waals surface area contributed by atoms with Gasteiger partial charge in [-0.3, -0.25) is 10.4 Å². The molecule has 0 radical (unpaired) electrons. The molecular weight excluding hydrogens is 214 g/mol. The van der Waals surface area contributed by atoms with Gasteiger partial charge in [-0.15, -0.1) is 0 Å². The fourth-order valence-electron chi connectivity index (χ4n) is 1.49. The van der Waals surface area contributed by atoms with Gasteiger partial charge in [0.1, 0.15) is 11.6 Å². The number of pyridine rings is 1. The molecule has 1 aromatic carbocycles. The summed E-state index contributed by atoms with van der Waals surface area (Å²) in [5.41, 5.74) is 7.12. The van der Waals surface area contributed by atoms with Gasteiger partial charge in [-0.2, -0.15) is 0 Å². The first-order valence-corrected chi connectivity index (χ1v) is 5.20. The molecule has 2 rings (SSSR count). The second-order valence-corrected chi connectivity index (χ2v) is 3.70. The molecule has 3 N–H and O–H groups in total. The van der Waals surface area contributed by atoms with Crippen LogP contribution in [0.25, 0.3) is 0 Å². The summed E-state index contributed by atoms with van der Waals surface area (Å²) < 4.78 is 5.67. The van der Waals surface area contributed by atoms with Gasteiger partial charge in [-0.1, -0.05) is 12.1 Å². The highest BCUT2D eigenvalue weighted by Gasteiger charge is 2.07. The lowest BCUT2D eigenvalue weighted by Gasteiger charge is -2.09. The molecule has 0 bridgehead atoms. The van der Waals surface area contributed by atoms with Gasteiger partial charge in [-0.05, 0) is 30.7 Å². The van der Waals surface area contributed by atoms with E-state index in [9.17, 15) is 0 Å². The molecular formula is C13H13N3O. The van der Waals surface area contributed by atoms with E-state index in [-0.39, 0.29) is 5.84 Å². The number of nitrogen functional groups attached to an aromatic ring is 1. The van der Waals surface area contributed by atoms with E-state index >= 15 is 0 Å². The average Bonchev–Trinajstić information content (AvgIpc) is 2.29. The Labute approximate surface area is 99.6 Å². The van der Waals surface area contributed by atoms with E-state index in [4.69, 9.17) is 15.9 Å². The number of amidine groups is 1. The van der Waals surface area contributed by atoms with Crippen LogP contribution in [0.4, 0.5) is 0 Å². The van der Waals surface area contributed by atoms with E-state index in [2.05, 4.69) is 4.98 Å². The van der Waals surface area contributed by atoms with Crippen LogP contribution in [0.2, 0.25) is 0 Å². The van der Waals surface area contributed by atoms with Gasteiger partial charge in [0, 0.05) is 6.20 Å². The Balaban J connectivity index is 2.33. The second kappa shape index (κ2) is 4.65. The summed E-state index contributed by atoms with van der Waals surface area (Å²) in [5.74, 6) is 1.17. The molecule has 0 aliphatic rings. The SMILES string of the molecule is Cc1cccc(Oc2cnccc2C(=N)N)c1. The maximum atomic E-state index is 7.45. The highest BCUT2D eigenvalue weighted by Crippen LogP contribution is 2.24. The summed E-state index contributed by atoms with van der Waals surface area (Å²) in [6, 6.07) is 9.32. The summed E-state index contributed by atoms with van der Waals surface area (Å²) in [5, 5.41) is 7.45. The number of aromatic nitrogens is 1. The lowest BCUT2D eigenvalue weighted by Crippen LogP contribution is -2.12. The van der Waals surface area contributed by atoms with E-state index in [0.717, 1.165) is 5.56 Å². The summed E-state index contributed by atoms with van der Waals surface area (Å²) in [4.78, 5) is 3.97. The Morgan fingerprint density at radius 1 is 1.35 bits per heavy atom. The first kappa shape index (κ1) is 11.1. The van der Waals surface area contributed by atoms with Crippen LogP contribution in [-0.2, 0) is 0 Å². The van der Waals surface area contributed by atoms with Crippen molar-refractivity contribution in [2.75, 3.05) is 0 Å². The van der Waals surface area contributed by atoms with Crippen molar-refractivity contribution in [3.8, 4) is 11.5 Å². The van der Waals surface area contributed by atoms with E-state index in [1.165, 1.54) is 0 Å². The van der Waals surface area contributed by atoms with Gasteiger partial charge in [0.25, 0.3) is 0 Å². The third-order valence-corrected chi connectivity index (χ3v) is 2.29. The van der Waals surface area contributed by atoms with Crippen LogP contribution in [0, 0.1) is 12.3 Å². The monoisotopic (exact) mass is 227 g/mol. The molecule has 1 heterocycles. The van der Waals surface area contributed by atoms with Crippen molar-refractivity contribution in [1.29, 1.82) is 5.41 Å². The molecule has 17 heavy (non-hydrogen) atoms. The van der Waals surface area contributed by atoms with Crippen molar-refractivity contribution < 1.29 is 4.74 Å². The highest BCUT2D eigenvalue weighted by atomic mass is 16.5. The predicted molar refractivity (Wildman–Crippen MR) is 66.5 cm³/mol.